The Labute approximate surface area is 164 Å². The van der Waals surface area contributed by atoms with Crippen molar-refractivity contribution >= 4 is 15.7 Å². The second kappa shape index (κ2) is 6.92. The Morgan fingerprint density at radius 1 is 1.17 bits per heavy atom. The van der Waals surface area contributed by atoms with Crippen molar-refractivity contribution in [2.45, 2.75) is 30.3 Å². The number of alkyl halides is 3. The molecule has 0 amide bonds. The number of H-pyrrole nitrogens is 1. The monoisotopic (exact) mass is 431 g/mol. The molecule has 2 saturated heterocycles. The summed E-state index contributed by atoms with van der Waals surface area (Å²) < 4.78 is 65.1. The third kappa shape index (κ3) is 3.69. The zero-order valence-corrected chi connectivity index (χ0v) is 16.1. The molecule has 0 atom stereocenters. The van der Waals surface area contributed by atoms with Crippen molar-refractivity contribution < 1.29 is 21.6 Å². The quantitative estimate of drug-likeness (QED) is 0.664. The van der Waals surface area contributed by atoms with E-state index in [0.717, 1.165) is 38.4 Å². The summed E-state index contributed by atoms with van der Waals surface area (Å²) >= 11 is 0. The molecule has 2 aromatic rings. The molecule has 0 unspecified atom stereocenters. The second-order valence-corrected chi connectivity index (χ2v) is 9.03. The normalized spacial score (nSPS) is 19.8. The van der Waals surface area contributed by atoms with E-state index < -0.39 is 26.7 Å². The fourth-order valence-electron chi connectivity index (χ4n) is 4.28. The molecule has 2 fully saturated rings. The average molecular weight is 431 g/mol. The molecular formula is C16H20F3N7O2S. The number of aromatic nitrogens is 4. The molecule has 4 rings (SSSR count). The highest BCUT2D eigenvalue weighted by Crippen LogP contribution is 2.45. The van der Waals surface area contributed by atoms with E-state index in [1.54, 1.807) is 0 Å². The van der Waals surface area contributed by atoms with Crippen molar-refractivity contribution in [3.63, 3.8) is 0 Å². The topological polar surface area (TPSA) is 130 Å². The Bertz CT molecular complexity index is 992. The van der Waals surface area contributed by atoms with Gasteiger partial charge >= 0.3 is 6.18 Å². The van der Waals surface area contributed by atoms with Crippen LogP contribution in [-0.4, -0.2) is 55.2 Å². The molecule has 158 valence electrons. The van der Waals surface area contributed by atoms with Gasteiger partial charge in [0.05, 0.1) is 11.1 Å². The van der Waals surface area contributed by atoms with Gasteiger partial charge in [-0.3, -0.25) is 0 Å². The van der Waals surface area contributed by atoms with Gasteiger partial charge < -0.3 is 10.2 Å². The van der Waals surface area contributed by atoms with Crippen LogP contribution in [-0.2, 0) is 16.2 Å². The van der Waals surface area contributed by atoms with Crippen molar-refractivity contribution in [2.75, 3.05) is 31.1 Å². The van der Waals surface area contributed by atoms with Crippen LogP contribution >= 0.6 is 0 Å². The third-order valence-corrected chi connectivity index (χ3v) is 6.78. The number of halogens is 3. The lowest BCUT2D eigenvalue weighted by atomic mass is 9.77. The molecule has 3 heterocycles. The molecule has 0 aliphatic carbocycles. The summed E-state index contributed by atoms with van der Waals surface area (Å²) in [4.78, 5) is 0.830. The minimum absolute atomic E-state index is 0.178. The third-order valence-electron chi connectivity index (χ3n) is 5.79. The number of rotatable bonds is 3. The number of tetrazole rings is 1. The number of nitrogens with two attached hydrogens (primary N) is 1. The van der Waals surface area contributed by atoms with Crippen molar-refractivity contribution in [1.82, 2.24) is 25.9 Å². The second-order valence-electron chi connectivity index (χ2n) is 7.53. The van der Waals surface area contributed by atoms with Crippen LogP contribution in [0.2, 0.25) is 0 Å². The molecule has 0 saturated carbocycles. The van der Waals surface area contributed by atoms with E-state index in [-0.39, 0.29) is 16.8 Å². The Morgan fingerprint density at radius 3 is 2.41 bits per heavy atom. The smallest absolute Gasteiger partial charge is 0.371 e. The van der Waals surface area contributed by atoms with E-state index in [4.69, 9.17) is 5.14 Å². The van der Waals surface area contributed by atoms with Gasteiger partial charge in [-0.05, 0) is 48.6 Å². The summed E-state index contributed by atoms with van der Waals surface area (Å²) in [6, 6.07) is 2.01. The van der Waals surface area contributed by atoms with E-state index in [1.165, 1.54) is 6.07 Å². The number of primary sulfonamides is 1. The lowest BCUT2D eigenvalue weighted by molar-refractivity contribution is -0.139. The lowest BCUT2D eigenvalue weighted by Crippen LogP contribution is -2.41. The minimum atomic E-state index is -4.92. The first-order chi connectivity index (χ1) is 13.6. The molecule has 29 heavy (non-hydrogen) atoms. The zero-order chi connectivity index (χ0) is 20.9. The minimum Gasteiger partial charge on any atom is -0.371 e. The van der Waals surface area contributed by atoms with Crippen LogP contribution in [0.5, 0.6) is 0 Å². The highest BCUT2D eigenvalue weighted by atomic mass is 32.2. The first-order valence-corrected chi connectivity index (χ1v) is 10.6. The maximum absolute atomic E-state index is 13.6. The summed E-state index contributed by atoms with van der Waals surface area (Å²) in [5.74, 6) is -0.252. The van der Waals surface area contributed by atoms with E-state index in [0.29, 0.717) is 18.8 Å². The molecular weight excluding hydrogens is 411 g/mol. The molecule has 13 heteroatoms. The van der Waals surface area contributed by atoms with Crippen LogP contribution in [0.1, 0.15) is 24.8 Å². The number of hydrogen-bond acceptors (Lipinski definition) is 7. The number of piperidine rings is 1. The summed E-state index contributed by atoms with van der Waals surface area (Å²) in [5, 5.41) is 21.6. The summed E-state index contributed by atoms with van der Waals surface area (Å²) in [7, 11) is -4.73. The van der Waals surface area contributed by atoms with Gasteiger partial charge in [0.1, 0.15) is 4.90 Å². The van der Waals surface area contributed by atoms with Gasteiger partial charge in [0.2, 0.25) is 15.8 Å². The molecule has 1 aromatic carbocycles. The predicted molar refractivity (Wildman–Crippen MR) is 97.4 cm³/mol. The lowest BCUT2D eigenvalue weighted by Gasteiger charge is -2.40. The number of aromatic amines is 1. The van der Waals surface area contributed by atoms with Crippen molar-refractivity contribution in [2.24, 2.45) is 10.6 Å². The van der Waals surface area contributed by atoms with Crippen molar-refractivity contribution in [1.29, 1.82) is 0 Å². The Kier molecular flexibility index (Phi) is 4.78. The van der Waals surface area contributed by atoms with Crippen LogP contribution in [0.25, 0.3) is 11.4 Å². The zero-order valence-electron chi connectivity index (χ0n) is 15.3. The van der Waals surface area contributed by atoms with Crippen LogP contribution in [0.4, 0.5) is 18.9 Å². The van der Waals surface area contributed by atoms with Gasteiger partial charge in [-0.2, -0.15) is 18.4 Å². The fraction of sp³-hybridized carbons (Fsp3) is 0.562. The highest BCUT2D eigenvalue weighted by Gasteiger charge is 2.42. The number of anilines is 1. The maximum Gasteiger partial charge on any atom is 0.417 e. The average Bonchev–Trinajstić information content (AvgIpc) is 3.32. The maximum atomic E-state index is 13.6. The van der Waals surface area contributed by atoms with Gasteiger partial charge in [-0.25, -0.2) is 13.6 Å². The summed E-state index contributed by atoms with van der Waals surface area (Å²) in [6.45, 7) is 3.00. The van der Waals surface area contributed by atoms with E-state index in [1.807, 2.05) is 4.90 Å². The number of hydrogen-bond donors (Lipinski definition) is 3. The first-order valence-electron chi connectivity index (χ1n) is 9.07. The van der Waals surface area contributed by atoms with E-state index in [9.17, 15) is 21.6 Å². The highest BCUT2D eigenvalue weighted by molar-refractivity contribution is 7.89. The number of nitrogens with zero attached hydrogens (tertiary/aromatic N) is 4. The Hall–Kier alpha value is -2.25. The molecule has 1 spiro atoms. The Balaban J connectivity index is 1.85. The molecule has 2 aliphatic heterocycles. The van der Waals surface area contributed by atoms with Crippen molar-refractivity contribution in [3.05, 3.63) is 17.7 Å². The standard InChI is InChI=1S/C16H20F3N7O2S/c17-16(18,19)10-1-2-11(26-7-4-15(5-8-26)3-6-21-9-15)12(13(10)29(20,27)28)14-22-24-25-23-14/h1-2,21H,3-9H2,(H2,20,27,28)(H,22,23,24,25). The summed E-state index contributed by atoms with van der Waals surface area (Å²) in [5.41, 5.74) is -1.16. The van der Waals surface area contributed by atoms with Crippen molar-refractivity contribution in [3.8, 4) is 11.4 Å². The molecule has 4 N–H and O–H groups in total. The SMILES string of the molecule is NS(=O)(=O)c1c(C(F)(F)F)ccc(N2CCC3(CCNC3)CC2)c1-c1nn[nH]n1. The largest absolute Gasteiger partial charge is 0.417 e. The molecule has 0 bridgehead atoms. The van der Waals surface area contributed by atoms with Gasteiger partial charge in [0.25, 0.3) is 0 Å². The van der Waals surface area contributed by atoms with Gasteiger partial charge in [0.15, 0.2) is 0 Å². The van der Waals surface area contributed by atoms with Gasteiger partial charge in [-0.1, -0.05) is 0 Å². The molecule has 1 aromatic heterocycles. The van der Waals surface area contributed by atoms with Gasteiger partial charge in [-0.15, -0.1) is 10.2 Å². The predicted octanol–water partition coefficient (Wildman–Crippen LogP) is 1.11. The Morgan fingerprint density at radius 2 is 1.90 bits per heavy atom. The number of nitrogens with one attached hydrogen (secondary N) is 2. The van der Waals surface area contributed by atoms with E-state index >= 15 is 0 Å². The van der Waals surface area contributed by atoms with E-state index in [2.05, 4.69) is 25.9 Å². The van der Waals surface area contributed by atoms with Crippen LogP contribution < -0.4 is 15.4 Å². The number of sulfonamides is 1. The van der Waals surface area contributed by atoms with Crippen LogP contribution in [0.3, 0.4) is 0 Å². The molecule has 0 radical (unpaired) electrons. The van der Waals surface area contributed by atoms with Crippen LogP contribution in [0, 0.1) is 5.41 Å². The first kappa shape index (κ1) is 20.0. The van der Waals surface area contributed by atoms with Gasteiger partial charge in [0, 0.05) is 25.3 Å². The molecule has 2 aliphatic rings. The molecule has 9 nitrogen and oxygen atoms in total. The van der Waals surface area contributed by atoms with Crippen LogP contribution in [0.15, 0.2) is 17.0 Å². The fourth-order valence-corrected chi connectivity index (χ4v) is 5.25. The number of benzene rings is 1. The summed E-state index contributed by atoms with van der Waals surface area (Å²) in [6.07, 6.45) is -2.18.